The lowest BCUT2D eigenvalue weighted by atomic mass is 10.1. The Balaban J connectivity index is 0.000000150. The van der Waals surface area contributed by atoms with Crippen LogP contribution in [0.1, 0.15) is 0 Å². The van der Waals surface area contributed by atoms with Crippen molar-refractivity contribution in [3.8, 4) is 22.6 Å². The van der Waals surface area contributed by atoms with Gasteiger partial charge in [-0.1, -0.05) is 24.3 Å². The van der Waals surface area contributed by atoms with E-state index >= 15 is 0 Å². The van der Waals surface area contributed by atoms with E-state index in [4.69, 9.17) is 9.47 Å². The molecule has 25 heavy (non-hydrogen) atoms. The molecule has 0 fully saturated rings. The van der Waals surface area contributed by atoms with Crippen molar-refractivity contribution in [2.45, 2.75) is 4.90 Å². The second kappa shape index (κ2) is 7.94. The summed E-state index contributed by atoms with van der Waals surface area (Å²) in [6.07, 6.45) is 0. The van der Waals surface area contributed by atoms with Crippen molar-refractivity contribution in [1.29, 1.82) is 0 Å². The number of thiol groups is 1. The van der Waals surface area contributed by atoms with Crippen LogP contribution in [-0.4, -0.2) is 13.8 Å². The maximum atomic E-state index is 12.7. The van der Waals surface area contributed by atoms with Gasteiger partial charge < -0.3 is 14.8 Å². The summed E-state index contributed by atoms with van der Waals surface area (Å²) in [6, 6.07) is 20.0. The van der Waals surface area contributed by atoms with E-state index in [1.165, 1.54) is 12.1 Å². The molecule has 128 valence electrons. The molecule has 3 aromatic carbocycles. The van der Waals surface area contributed by atoms with Gasteiger partial charge in [0.2, 0.25) is 6.79 Å². The first-order valence-corrected chi connectivity index (χ1v) is 8.23. The highest BCUT2D eigenvalue weighted by Crippen LogP contribution is 2.33. The molecule has 1 aliphatic rings. The van der Waals surface area contributed by atoms with Crippen LogP contribution in [0.5, 0.6) is 11.5 Å². The van der Waals surface area contributed by atoms with Crippen molar-refractivity contribution >= 4 is 18.3 Å². The number of halogens is 1. The van der Waals surface area contributed by atoms with E-state index in [0.717, 1.165) is 33.2 Å². The summed E-state index contributed by atoms with van der Waals surface area (Å²) in [6.45, 7) is 0.336. The molecule has 0 atom stereocenters. The third-order valence-corrected chi connectivity index (χ3v) is 3.96. The zero-order valence-electron chi connectivity index (χ0n) is 13.7. The minimum atomic E-state index is -0.212. The third kappa shape index (κ3) is 4.45. The van der Waals surface area contributed by atoms with E-state index in [0.29, 0.717) is 6.79 Å². The molecule has 3 nitrogen and oxygen atoms in total. The fourth-order valence-corrected chi connectivity index (χ4v) is 2.61. The number of ether oxygens (including phenoxy) is 2. The Morgan fingerprint density at radius 2 is 1.64 bits per heavy atom. The molecule has 0 saturated carbocycles. The Morgan fingerprint density at radius 3 is 2.36 bits per heavy atom. The molecule has 0 spiro atoms. The summed E-state index contributed by atoms with van der Waals surface area (Å²) in [7, 11) is 1.87. The van der Waals surface area contributed by atoms with Crippen LogP contribution in [0.2, 0.25) is 0 Å². The SMILES string of the molecule is CNc1ccc2c(c1)OCO2.Fc1ccc(-c2cccc(S)c2)cc1. The number of fused-ring (bicyclic) bond motifs is 1. The van der Waals surface area contributed by atoms with E-state index in [2.05, 4.69) is 17.9 Å². The van der Waals surface area contributed by atoms with Gasteiger partial charge in [0.1, 0.15) is 5.82 Å². The Morgan fingerprint density at radius 1 is 0.880 bits per heavy atom. The number of nitrogens with one attached hydrogen (secondary N) is 1. The molecular weight excluding hydrogens is 337 g/mol. The highest BCUT2D eigenvalue weighted by Gasteiger charge is 2.12. The zero-order chi connectivity index (χ0) is 17.6. The van der Waals surface area contributed by atoms with Crippen LogP contribution in [0.15, 0.2) is 71.6 Å². The maximum absolute atomic E-state index is 12.7. The molecule has 0 unspecified atom stereocenters. The number of benzene rings is 3. The first-order chi connectivity index (χ1) is 12.2. The van der Waals surface area contributed by atoms with Gasteiger partial charge in [-0.05, 0) is 47.5 Å². The second-order valence-electron chi connectivity index (χ2n) is 5.38. The van der Waals surface area contributed by atoms with Crippen LogP contribution in [0.4, 0.5) is 10.1 Å². The van der Waals surface area contributed by atoms with E-state index in [-0.39, 0.29) is 5.82 Å². The molecule has 3 aromatic rings. The number of hydrogen-bond donors (Lipinski definition) is 2. The van der Waals surface area contributed by atoms with Gasteiger partial charge in [-0.3, -0.25) is 0 Å². The third-order valence-electron chi connectivity index (χ3n) is 3.68. The zero-order valence-corrected chi connectivity index (χ0v) is 14.6. The van der Waals surface area contributed by atoms with Crippen molar-refractivity contribution in [3.05, 3.63) is 72.5 Å². The van der Waals surface area contributed by atoms with Crippen LogP contribution in [0.25, 0.3) is 11.1 Å². The molecule has 1 heterocycles. The van der Waals surface area contributed by atoms with E-state index in [9.17, 15) is 4.39 Å². The van der Waals surface area contributed by atoms with Crippen LogP contribution in [0.3, 0.4) is 0 Å². The maximum Gasteiger partial charge on any atom is 0.231 e. The van der Waals surface area contributed by atoms with Gasteiger partial charge in [0, 0.05) is 23.7 Å². The number of anilines is 1. The van der Waals surface area contributed by atoms with Crippen molar-refractivity contribution in [1.82, 2.24) is 0 Å². The molecule has 0 saturated heterocycles. The Hall–Kier alpha value is -2.66. The monoisotopic (exact) mass is 355 g/mol. The van der Waals surface area contributed by atoms with Gasteiger partial charge in [-0.25, -0.2) is 4.39 Å². The molecule has 0 aliphatic carbocycles. The van der Waals surface area contributed by atoms with Crippen molar-refractivity contribution in [2.24, 2.45) is 0 Å². The van der Waals surface area contributed by atoms with Crippen LogP contribution >= 0.6 is 12.6 Å². The lowest BCUT2D eigenvalue weighted by molar-refractivity contribution is 0.174. The molecule has 1 N–H and O–H groups in total. The highest BCUT2D eigenvalue weighted by atomic mass is 32.1. The molecule has 0 aromatic heterocycles. The second-order valence-corrected chi connectivity index (χ2v) is 5.89. The summed E-state index contributed by atoms with van der Waals surface area (Å²) >= 11 is 4.25. The smallest absolute Gasteiger partial charge is 0.231 e. The van der Waals surface area contributed by atoms with E-state index < -0.39 is 0 Å². The van der Waals surface area contributed by atoms with E-state index in [1.54, 1.807) is 12.1 Å². The van der Waals surface area contributed by atoms with Crippen molar-refractivity contribution in [2.75, 3.05) is 19.2 Å². The summed E-state index contributed by atoms with van der Waals surface area (Å²) < 4.78 is 23.0. The van der Waals surface area contributed by atoms with Gasteiger partial charge in [0.25, 0.3) is 0 Å². The van der Waals surface area contributed by atoms with Gasteiger partial charge in [0.15, 0.2) is 11.5 Å². The average Bonchev–Trinajstić information content (AvgIpc) is 3.10. The fraction of sp³-hybridized carbons (Fsp3) is 0.100. The minimum absolute atomic E-state index is 0.212. The first kappa shape index (κ1) is 17.2. The van der Waals surface area contributed by atoms with Gasteiger partial charge in [-0.2, -0.15) is 0 Å². The van der Waals surface area contributed by atoms with Gasteiger partial charge in [0.05, 0.1) is 0 Å². The fourth-order valence-electron chi connectivity index (χ4n) is 2.38. The average molecular weight is 355 g/mol. The summed E-state index contributed by atoms with van der Waals surface area (Å²) in [5.74, 6) is 1.43. The first-order valence-electron chi connectivity index (χ1n) is 7.78. The standard InChI is InChI=1S/C12H9FS.C8H9NO2/c13-11-6-4-9(5-7-11)10-2-1-3-12(14)8-10;1-9-6-2-3-7-8(4-6)11-5-10-7/h1-8,14H;2-4,9H,5H2,1H3. The summed E-state index contributed by atoms with van der Waals surface area (Å²) in [5.41, 5.74) is 3.09. The minimum Gasteiger partial charge on any atom is -0.454 e. The van der Waals surface area contributed by atoms with Crippen LogP contribution in [0, 0.1) is 5.82 Å². The quantitative estimate of drug-likeness (QED) is 0.617. The topological polar surface area (TPSA) is 30.5 Å². The lowest BCUT2D eigenvalue weighted by Crippen LogP contribution is -1.93. The number of hydrogen-bond acceptors (Lipinski definition) is 4. The normalized spacial score (nSPS) is 11.5. The van der Waals surface area contributed by atoms with Crippen LogP contribution < -0.4 is 14.8 Å². The Labute approximate surface area is 151 Å². The molecular formula is C20H18FNO2S. The van der Waals surface area contributed by atoms with Crippen LogP contribution in [-0.2, 0) is 0 Å². The molecule has 4 rings (SSSR count). The molecule has 5 heteroatoms. The van der Waals surface area contributed by atoms with Gasteiger partial charge in [-0.15, -0.1) is 12.6 Å². The molecule has 1 aliphatic heterocycles. The Kier molecular flexibility index (Phi) is 5.46. The van der Waals surface area contributed by atoms with Crippen molar-refractivity contribution in [3.63, 3.8) is 0 Å². The Bertz CT molecular complexity index is 853. The number of rotatable bonds is 2. The van der Waals surface area contributed by atoms with Gasteiger partial charge >= 0.3 is 0 Å². The largest absolute Gasteiger partial charge is 0.454 e. The summed E-state index contributed by atoms with van der Waals surface area (Å²) in [5, 5.41) is 3.02. The van der Waals surface area contributed by atoms with E-state index in [1.807, 2.05) is 49.5 Å². The van der Waals surface area contributed by atoms with Crippen molar-refractivity contribution < 1.29 is 13.9 Å². The summed E-state index contributed by atoms with van der Waals surface area (Å²) in [4.78, 5) is 0.909. The lowest BCUT2D eigenvalue weighted by Gasteiger charge is -2.01. The predicted molar refractivity (Wildman–Crippen MR) is 101 cm³/mol. The molecule has 0 amide bonds. The molecule has 0 radical (unpaired) electrons. The molecule has 0 bridgehead atoms. The predicted octanol–water partition coefficient (Wildman–Crippen LogP) is 5.24. The highest BCUT2D eigenvalue weighted by molar-refractivity contribution is 7.80.